The summed E-state index contributed by atoms with van der Waals surface area (Å²) >= 11 is 0. The van der Waals surface area contributed by atoms with Gasteiger partial charge in [0.15, 0.2) is 0 Å². The highest BCUT2D eigenvalue weighted by molar-refractivity contribution is 6.15. The maximum Gasteiger partial charge on any atom is 0.348 e. The Morgan fingerprint density at radius 3 is 2.16 bits per heavy atom. The molecule has 0 aromatic heterocycles. The molecule has 0 bridgehead atoms. The van der Waals surface area contributed by atoms with Gasteiger partial charge in [-0.2, -0.15) is 0 Å². The summed E-state index contributed by atoms with van der Waals surface area (Å²) < 4.78 is 9.95. The zero-order chi connectivity index (χ0) is 13.9. The van der Waals surface area contributed by atoms with Crippen LogP contribution in [0.3, 0.4) is 0 Å². The summed E-state index contributed by atoms with van der Waals surface area (Å²) in [5, 5.41) is 0. The second-order valence-corrected chi connectivity index (χ2v) is 4.53. The predicted molar refractivity (Wildman–Crippen MR) is 69.8 cm³/mol. The van der Waals surface area contributed by atoms with E-state index in [1.54, 1.807) is 12.2 Å². The SMILES string of the molecule is CC1(C)OC(=O)C(=CC=Cc2ccccc2)C(=O)O1. The monoisotopic (exact) mass is 258 g/mol. The van der Waals surface area contributed by atoms with Crippen molar-refractivity contribution in [1.82, 2.24) is 0 Å². The van der Waals surface area contributed by atoms with Gasteiger partial charge in [0, 0.05) is 13.8 Å². The highest BCUT2D eigenvalue weighted by Crippen LogP contribution is 2.22. The van der Waals surface area contributed by atoms with Crippen molar-refractivity contribution >= 4 is 18.0 Å². The highest BCUT2D eigenvalue weighted by atomic mass is 16.7. The Kier molecular flexibility index (Phi) is 3.51. The lowest BCUT2D eigenvalue weighted by atomic mass is 10.1. The molecule has 0 amide bonds. The van der Waals surface area contributed by atoms with Crippen LogP contribution in [0, 0.1) is 0 Å². The van der Waals surface area contributed by atoms with Crippen LogP contribution in [0.4, 0.5) is 0 Å². The van der Waals surface area contributed by atoms with E-state index in [9.17, 15) is 9.59 Å². The summed E-state index contributed by atoms with van der Waals surface area (Å²) in [5.41, 5.74) is 0.865. The quantitative estimate of drug-likeness (QED) is 0.464. The molecule has 1 aromatic rings. The molecular weight excluding hydrogens is 244 g/mol. The molecule has 98 valence electrons. The molecule has 19 heavy (non-hydrogen) atoms. The molecule has 1 aliphatic heterocycles. The fourth-order valence-corrected chi connectivity index (χ4v) is 1.62. The lowest BCUT2D eigenvalue weighted by Crippen LogP contribution is -2.41. The third kappa shape index (κ3) is 3.31. The van der Waals surface area contributed by atoms with Gasteiger partial charge in [-0.25, -0.2) is 9.59 Å². The Morgan fingerprint density at radius 1 is 1.00 bits per heavy atom. The highest BCUT2D eigenvalue weighted by Gasteiger charge is 2.38. The molecule has 2 rings (SSSR count). The molecule has 0 aliphatic carbocycles. The number of cyclic esters (lactones) is 2. The van der Waals surface area contributed by atoms with E-state index in [2.05, 4.69) is 0 Å². The number of hydrogen-bond donors (Lipinski definition) is 0. The van der Waals surface area contributed by atoms with E-state index < -0.39 is 17.7 Å². The molecule has 1 saturated heterocycles. The zero-order valence-electron chi connectivity index (χ0n) is 10.8. The minimum atomic E-state index is -1.20. The van der Waals surface area contributed by atoms with Gasteiger partial charge in [0.05, 0.1) is 0 Å². The molecule has 1 aromatic carbocycles. The normalized spacial score (nSPS) is 18.1. The van der Waals surface area contributed by atoms with Crippen molar-refractivity contribution in [2.45, 2.75) is 19.6 Å². The van der Waals surface area contributed by atoms with E-state index in [1.165, 1.54) is 19.9 Å². The van der Waals surface area contributed by atoms with Gasteiger partial charge >= 0.3 is 11.9 Å². The van der Waals surface area contributed by atoms with Crippen LogP contribution < -0.4 is 0 Å². The first-order valence-corrected chi connectivity index (χ1v) is 5.88. The molecule has 0 atom stereocenters. The Bertz CT molecular complexity index is 531. The molecule has 1 aliphatic rings. The maximum absolute atomic E-state index is 11.6. The lowest BCUT2D eigenvalue weighted by molar-refractivity contribution is -0.222. The van der Waals surface area contributed by atoms with Gasteiger partial charge in [-0.15, -0.1) is 0 Å². The van der Waals surface area contributed by atoms with Gasteiger partial charge in [0.2, 0.25) is 0 Å². The second kappa shape index (κ2) is 5.10. The Morgan fingerprint density at radius 2 is 1.58 bits per heavy atom. The number of carbonyl (C=O) groups excluding carboxylic acids is 2. The average Bonchev–Trinajstić information content (AvgIpc) is 2.32. The van der Waals surface area contributed by atoms with E-state index in [4.69, 9.17) is 9.47 Å². The standard InChI is InChI=1S/C15H14O4/c1-15(2)18-13(16)12(14(17)19-15)10-6-9-11-7-4-3-5-8-11/h3-10H,1-2H3. The maximum atomic E-state index is 11.6. The summed E-state index contributed by atoms with van der Waals surface area (Å²) in [4.78, 5) is 23.3. The summed E-state index contributed by atoms with van der Waals surface area (Å²) in [7, 11) is 0. The largest absolute Gasteiger partial charge is 0.419 e. The van der Waals surface area contributed by atoms with E-state index in [0.717, 1.165) is 5.56 Å². The van der Waals surface area contributed by atoms with E-state index in [-0.39, 0.29) is 5.57 Å². The van der Waals surface area contributed by atoms with Crippen molar-refractivity contribution in [2.24, 2.45) is 0 Å². The van der Waals surface area contributed by atoms with Gasteiger partial charge in [-0.05, 0) is 11.6 Å². The topological polar surface area (TPSA) is 52.6 Å². The van der Waals surface area contributed by atoms with E-state index in [0.29, 0.717) is 0 Å². The van der Waals surface area contributed by atoms with Crippen molar-refractivity contribution in [2.75, 3.05) is 0 Å². The third-order valence-electron chi connectivity index (χ3n) is 2.47. The van der Waals surface area contributed by atoms with Crippen LogP contribution in [0.15, 0.2) is 48.1 Å². The third-order valence-corrected chi connectivity index (χ3v) is 2.47. The van der Waals surface area contributed by atoms with Crippen LogP contribution in [-0.2, 0) is 19.1 Å². The molecule has 4 nitrogen and oxygen atoms in total. The minimum Gasteiger partial charge on any atom is -0.419 e. The molecule has 0 N–H and O–H groups in total. The van der Waals surface area contributed by atoms with Gasteiger partial charge in [-0.1, -0.05) is 42.5 Å². The van der Waals surface area contributed by atoms with Crippen molar-refractivity contribution in [3.8, 4) is 0 Å². The minimum absolute atomic E-state index is 0.105. The van der Waals surface area contributed by atoms with Crippen LogP contribution in [0.25, 0.3) is 6.08 Å². The fourth-order valence-electron chi connectivity index (χ4n) is 1.62. The van der Waals surface area contributed by atoms with Crippen molar-refractivity contribution in [3.63, 3.8) is 0 Å². The van der Waals surface area contributed by atoms with Crippen LogP contribution in [0.5, 0.6) is 0 Å². The van der Waals surface area contributed by atoms with Gasteiger partial charge in [-0.3, -0.25) is 0 Å². The second-order valence-electron chi connectivity index (χ2n) is 4.53. The molecule has 1 fully saturated rings. The lowest BCUT2D eigenvalue weighted by Gasteiger charge is -2.29. The van der Waals surface area contributed by atoms with Crippen LogP contribution in [0.2, 0.25) is 0 Å². The van der Waals surface area contributed by atoms with Crippen molar-refractivity contribution < 1.29 is 19.1 Å². The first-order chi connectivity index (χ1) is 8.98. The van der Waals surface area contributed by atoms with Gasteiger partial charge < -0.3 is 9.47 Å². The van der Waals surface area contributed by atoms with E-state index in [1.807, 2.05) is 30.3 Å². The molecule has 0 radical (unpaired) electrons. The molecule has 1 heterocycles. The number of rotatable bonds is 2. The van der Waals surface area contributed by atoms with Crippen LogP contribution in [-0.4, -0.2) is 17.7 Å². The molecule has 0 unspecified atom stereocenters. The number of allylic oxidation sites excluding steroid dienone is 2. The first-order valence-electron chi connectivity index (χ1n) is 5.88. The zero-order valence-corrected chi connectivity index (χ0v) is 10.8. The van der Waals surface area contributed by atoms with Gasteiger partial charge in [0.1, 0.15) is 5.57 Å². The number of ether oxygens (including phenoxy) is 2. The Balaban J connectivity index is 2.14. The summed E-state index contributed by atoms with van der Waals surface area (Å²) in [5.74, 6) is -2.54. The predicted octanol–water partition coefficient (Wildman–Crippen LogP) is 2.46. The van der Waals surface area contributed by atoms with Crippen molar-refractivity contribution in [1.29, 1.82) is 0 Å². The fraction of sp³-hybridized carbons (Fsp3) is 0.200. The summed E-state index contributed by atoms with van der Waals surface area (Å²) in [6.07, 6.45) is 4.80. The number of carbonyl (C=O) groups is 2. The first kappa shape index (κ1) is 13.1. The smallest absolute Gasteiger partial charge is 0.348 e. The molecular formula is C15H14O4. The van der Waals surface area contributed by atoms with Crippen LogP contribution >= 0.6 is 0 Å². The molecule has 0 saturated carbocycles. The Labute approximate surface area is 111 Å². The average molecular weight is 258 g/mol. The van der Waals surface area contributed by atoms with Crippen LogP contribution in [0.1, 0.15) is 19.4 Å². The molecule has 4 heteroatoms. The summed E-state index contributed by atoms with van der Waals surface area (Å²) in [6, 6.07) is 9.54. The number of benzene rings is 1. The van der Waals surface area contributed by atoms with E-state index >= 15 is 0 Å². The summed E-state index contributed by atoms with van der Waals surface area (Å²) in [6.45, 7) is 3.03. The Hall–Kier alpha value is -2.36. The number of hydrogen-bond acceptors (Lipinski definition) is 4. The van der Waals surface area contributed by atoms with Crippen molar-refractivity contribution in [3.05, 3.63) is 53.6 Å². The molecule has 0 spiro atoms. The van der Waals surface area contributed by atoms with Gasteiger partial charge in [0.25, 0.3) is 5.79 Å². The number of esters is 2.